The van der Waals surface area contributed by atoms with E-state index in [1.807, 2.05) is 0 Å². The van der Waals surface area contributed by atoms with E-state index < -0.39 is 17.7 Å². The lowest BCUT2D eigenvalue weighted by Crippen LogP contribution is -2.42. The summed E-state index contributed by atoms with van der Waals surface area (Å²) in [5.74, 6) is -0.464. The summed E-state index contributed by atoms with van der Waals surface area (Å²) in [6.45, 7) is 3.59. The Hall–Kier alpha value is -3.57. The number of halogens is 1. The van der Waals surface area contributed by atoms with E-state index in [1.54, 1.807) is 30.6 Å². The molecule has 2 atom stereocenters. The molecule has 4 heterocycles. The van der Waals surface area contributed by atoms with Crippen molar-refractivity contribution in [2.24, 2.45) is 0 Å². The van der Waals surface area contributed by atoms with Crippen molar-refractivity contribution in [1.82, 2.24) is 19.5 Å². The number of carbonyl (C=O) groups is 2. The van der Waals surface area contributed by atoms with Gasteiger partial charge in [0.25, 0.3) is 11.8 Å². The highest BCUT2D eigenvalue weighted by Crippen LogP contribution is 2.36. The van der Waals surface area contributed by atoms with E-state index in [2.05, 4.69) is 15.4 Å². The first-order chi connectivity index (χ1) is 16.7. The summed E-state index contributed by atoms with van der Waals surface area (Å²) in [5, 5.41) is 17.0. The first-order valence-corrected chi connectivity index (χ1v) is 11.4. The fraction of sp³-hybridized carbons (Fsp3) is 0.417. The van der Waals surface area contributed by atoms with Gasteiger partial charge in [-0.2, -0.15) is 5.10 Å². The Bertz CT molecular complexity index is 1280. The average molecular weight is 484 g/mol. The molecule has 35 heavy (non-hydrogen) atoms. The van der Waals surface area contributed by atoms with Gasteiger partial charge in [0.05, 0.1) is 37.2 Å². The first kappa shape index (κ1) is 23.2. The molecule has 2 aromatic heterocycles. The van der Waals surface area contributed by atoms with Gasteiger partial charge < -0.3 is 24.8 Å². The molecule has 3 aromatic rings. The Morgan fingerprint density at radius 1 is 1.43 bits per heavy atom. The van der Waals surface area contributed by atoms with Gasteiger partial charge in [-0.3, -0.25) is 9.59 Å². The predicted octanol–water partition coefficient (Wildman–Crippen LogP) is 2.21. The number of rotatable bonds is 7. The molecule has 10 nitrogen and oxygen atoms in total. The van der Waals surface area contributed by atoms with E-state index in [4.69, 9.17) is 9.47 Å². The SMILES string of the molecule is CC(C)(O)[C@H](F)CN1Cc2cc(NC(=O)c3cnn4cccnc34)c(O[C@@H]3CCOC3)cc2C1=O. The summed E-state index contributed by atoms with van der Waals surface area (Å²) in [6, 6.07) is 4.96. The minimum Gasteiger partial charge on any atom is -0.486 e. The number of hydrogen-bond donors (Lipinski definition) is 2. The number of aliphatic hydroxyl groups is 1. The van der Waals surface area contributed by atoms with Crippen LogP contribution in [-0.4, -0.2) is 74.1 Å². The van der Waals surface area contributed by atoms with Gasteiger partial charge in [-0.05, 0) is 37.6 Å². The fourth-order valence-corrected chi connectivity index (χ4v) is 4.12. The molecule has 0 bridgehead atoms. The third kappa shape index (κ3) is 4.56. The van der Waals surface area contributed by atoms with E-state index in [1.165, 1.54) is 29.5 Å². The van der Waals surface area contributed by atoms with Crippen LogP contribution in [0.3, 0.4) is 0 Å². The molecule has 184 valence electrons. The summed E-state index contributed by atoms with van der Waals surface area (Å²) < 4.78 is 27.5. The zero-order valence-corrected chi connectivity index (χ0v) is 19.4. The van der Waals surface area contributed by atoms with Gasteiger partial charge >= 0.3 is 0 Å². The van der Waals surface area contributed by atoms with Crippen LogP contribution in [0.25, 0.3) is 5.65 Å². The van der Waals surface area contributed by atoms with Crippen LogP contribution in [-0.2, 0) is 11.3 Å². The molecular weight excluding hydrogens is 457 g/mol. The van der Waals surface area contributed by atoms with Crippen LogP contribution < -0.4 is 10.1 Å². The number of nitrogens with one attached hydrogen (secondary N) is 1. The van der Waals surface area contributed by atoms with E-state index in [0.29, 0.717) is 47.8 Å². The number of nitrogens with zero attached hydrogens (tertiary/aromatic N) is 4. The maximum atomic E-state index is 14.5. The summed E-state index contributed by atoms with van der Waals surface area (Å²) in [7, 11) is 0. The lowest BCUT2D eigenvalue weighted by Gasteiger charge is -2.26. The van der Waals surface area contributed by atoms with Gasteiger partial charge in [-0.25, -0.2) is 13.9 Å². The van der Waals surface area contributed by atoms with Crippen molar-refractivity contribution in [1.29, 1.82) is 0 Å². The quantitative estimate of drug-likeness (QED) is 0.529. The Balaban J connectivity index is 1.45. The number of benzene rings is 1. The molecule has 11 heteroatoms. The molecule has 0 radical (unpaired) electrons. The monoisotopic (exact) mass is 483 g/mol. The zero-order valence-electron chi connectivity index (χ0n) is 19.4. The molecule has 5 rings (SSSR count). The normalized spacial score (nSPS) is 18.7. The number of ether oxygens (including phenoxy) is 2. The number of aromatic nitrogens is 3. The van der Waals surface area contributed by atoms with Crippen molar-refractivity contribution >= 4 is 23.1 Å². The van der Waals surface area contributed by atoms with E-state index in [-0.39, 0.29) is 30.7 Å². The topological polar surface area (TPSA) is 118 Å². The Kier molecular flexibility index (Phi) is 5.89. The zero-order chi connectivity index (χ0) is 24.7. The molecular formula is C24H26FN5O5. The Morgan fingerprint density at radius 2 is 2.26 bits per heavy atom. The molecule has 0 spiro atoms. The highest BCUT2D eigenvalue weighted by molar-refractivity contribution is 6.09. The van der Waals surface area contributed by atoms with Crippen molar-refractivity contribution < 1.29 is 28.6 Å². The van der Waals surface area contributed by atoms with Crippen molar-refractivity contribution in [3.05, 3.63) is 53.5 Å². The van der Waals surface area contributed by atoms with E-state index >= 15 is 0 Å². The van der Waals surface area contributed by atoms with Crippen molar-refractivity contribution in [3.63, 3.8) is 0 Å². The lowest BCUT2D eigenvalue weighted by molar-refractivity contribution is -0.0159. The smallest absolute Gasteiger partial charge is 0.261 e. The van der Waals surface area contributed by atoms with E-state index in [0.717, 1.165) is 0 Å². The standard InChI is InChI=1S/C24H26FN5O5/c1-24(2,33)20(25)12-29-11-14-8-18(19(9-16(14)23(29)32)35-15-4-7-34-13-15)28-22(31)17-10-27-30-6-3-5-26-21(17)30/h3,5-6,8-10,15,20,33H,4,7,11-13H2,1-2H3,(H,28,31)/t15-,20-/m1/s1. The maximum absolute atomic E-state index is 14.5. The average Bonchev–Trinajstić information content (AvgIpc) is 3.54. The predicted molar refractivity (Wildman–Crippen MR) is 123 cm³/mol. The molecule has 2 aliphatic rings. The summed E-state index contributed by atoms with van der Waals surface area (Å²) >= 11 is 0. The van der Waals surface area contributed by atoms with Gasteiger partial charge in [-0.1, -0.05) is 0 Å². The van der Waals surface area contributed by atoms with Gasteiger partial charge in [0.15, 0.2) is 5.65 Å². The first-order valence-electron chi connectivity index (χ1n) is 11.4. The minimum absolute atomic E-state index is 0.151. The van der Waals surface area contributed by atoms with Crippen LogP contribution >= 0.6 is 0 Å². The van der Waals surface area contributed by atoms with Gasteiger partial charge in [0, 0.05) is 30.9 Å². The second-order valence-corrected chi connectivity index (χ2v) is 9.32. The number of hydrogen-bond acceptors (Lipinski definition) is 7. The number of carbonyl (C=O) groups excluding carboxylic acids is 2. The van der Waals surface area contributed by atoms with Gasteiger partial charge in [0.1, 0.15) is 23.6 Å². The third-order valence-electron chi connectivity index (χ3n) is 6.19. The van der Waals surface area contributed by atoms with Crippen LogP contribution in [0.5, 0.6) is 5.75 Å². The second-order valence-electron chi connectivity index (χ2n) is 9.32. The summed E-state index contributed by atoms with van der Waals surface area (Å²) in [5.41, 5.74) is 0.487. The number of anilines is 1. The molecule has 0 aliphatic carbocycles. The summed E-state index contributed by atoms with van der Waals surface area (Å²) in [4.78, 5) is 31.7. The van der Waals surface area contributed by atoms with Crippen molar-refractivity contribution in [2.45, 2.75) is 44.7 Å². The molecule has 1 fully saturated rings. The third-order valence-corrected chi connectivity index (χ3v) is 6.19. The van der Waals surface area contributed by atoms with Crippen LogP contribution in [0.4, 0.5) is 10.1 Å². The molecule has 2 aliphatic heterocycles. The molecule has 1 aromatic carbocycles. The van der Waals surface area contributed by atoms with Crippen molar-refractivity contribution in [2.75, 3.05) is 25.1 Å². The molecule has 1 saturated heterocycles. The van der Waals surface area contributed by atoms with E-state index in [9.17, 15) is 19.1 Å². The Labute approximate surface area is 200 Å². The van der Waals surface area contributed by atoms with Crippen molar-refractivity contribution in [3.8, 4) is 5.75 Å². The van der Waals surface area contributed by atoms with Crippen LogP contribution in [0.1, 0.15) is 46.5 Å². The second kappa shape index (κ2) is 8.90. The fourth-order valence-electron chi connectivity index (χ4n) is 4.12. The van der Waals surface area contributed by atoms with Crippen LogP contribution in [0, 0.1) is 0 Å². The number of amides is 2. The summed E-state index contributed by atoms with van der Waals surface area (Å²) in [6.07, 6.45) is 3.53. The maximum Gasteiger partial charge on any atom is 0.261 e. The molecule has 0 saturated carbocycles. The molecule has 2 N–H and O–H groups in total. The highest BCUT2D eigenvalue weighted by atomic mass is 19.1. The number of fused-ring (bicyclic) bond motifs is 2. The molecule has 0 unspecified atom stereocenters. The van der Waals surface area contributed by atoms with Gasteiger partial charge in [0.2, 0.25) is 0 Å². The highest BCUT2D eigenvalue weighted by Gasteiger charge is 2.35. The van der Waals surface area contributed by atoms with Crippen LogP contribution in [0.2, 0.25) is 0 Å². The Morgan fingerprint density at radius 3 is 3.00 bits per heavy atom. The van der Waals surface area contributed by atoms with Crippen LogP contribution in [0.15, 0.2) is 36.8 Å². The minimum atomic E-state index is -1.62. The van der Waals surface area contributed by atoms with Gasteiger partial charge in [-0.15, -0.1) is 0 Å². The molecule has 2 amide bonds. The number of alkyl halides is 1. The lowest BCUT2D eigenvalue weighted by atomic mass is 10.0. The largest absolute Gasteiger partial charge is 0.486 e.